The van der Waals surface area contributed by atoms with E-state index in [0.717, 1.165) is 17.3 Å². The molecule has 31 heavy (non-hydrogen) atoms. The summed E-state index contributed by atoms with van der Waals surface area (Å²) in [4.78, 5) is 10.9. The first kappa shape index (κ1) is 22.4. The second-order valence-corrected chi connectivity index (χ2v) is 8.52. The van der Waals surface area contributed by atoms with Gasteiger partial charge in [0.25, 0.3) is 10.0 Å². The molecule has 0 fully saturated rings. The second kappa shape index (κ2) is 10.1. The van der Waals surface area contributed by atoms with Crippen LogP contribution in [0, 0.1) is 0 Å². The number of ether oxygens (including phenoxy) is 2. The van der Waals surface area contributed by atoms with Gasteiger partial charge in [-0.15, -0.1) is 0 Å². The summed E-state index contributed by atoms with van der Waals surface area (Å²) >= 11 is 5.92. The van der Waals surface area contributed by atoms with E-state index in [9.17, 15) is 13.2 Å². The van der Waals surface area contributed by atoms with Crippen molar-refractivity contribution in [2.45, 2.75) is 6.61 Å². The number of nitrogens with one attached hydrogen (secondary N) is 1. The van der Waals surface area contributed by atoms with Gasteiger partial charge in [0.1, 0.15) is 12.9 Å². The fourth-order valence-electron chi connectivity index (χ4n) is 2.75. The van der Waals surface area contributed by atoms with Gasteiger partial charge < -0.3 is 9.47 Å². The number of halogens is 1. The van der Waals surface area contributed by atoms with Gasteiger partial charge in [0, 0.05) is 16.7 Å². The first-order chi connectivity index (χ1) is 14.9. The van der Waals surface area contributed by atoms with E-state index in [2.05, 4.69) is 4.72 Å². The summed E-state index contributed by atoms with van der Waals surface area (Å²) in [6.07, 6.45) is 2.21. The molecule has 0 aromatic heterocycles. The van der Waals surface area contributed by atoms with E-state index in [-0.39, 0.29) is 6.61 Å². The number of anilines is 1. The average molecular weight is 458 g/mol. The molecule has 3 aromatic carbocycles. The zero-order valence-corrected chi connectivity index (χ0v) is 18.2. The van der Waals surface area contributed by atoms with Crippen LogP contribution in [0.2, 0.25) is 5.02 Å². The Morgan fingerprint density at radius 3 is 2.48 bits per heavy atom. The van der Waals surface area contributed by atoms with Gasteiger partial charge in [0.05, 0.1) is 18.2 Å². The van der Waals surface area contributed by atoms with Crippen molar-refractivity contribution in [1.82, 2.24) is 0 Å². The summed E-state index contributed by atoms with van der Waals surface area (Å²) < 4.78 is 38.5. The highest BCUT2D eigenvalue weighted by molar-refractivity contribution is 7.95. The fourth-order valence-corrected chi connectivity index (χ4v) is 3.81. The monoisotopic (exact) mass is 457 g/mol. The Morgan fingerprint density at radius 1 is 0.968 bits per heavy atom. The number of aldehydes is 1. The molecule has 0 bridgehead atoms. The maximum absolute atomic E-state index is 12.4. The normalized spacial score (nSPS) is 11.3. The van der Waals surface area contributed by atoms with Crippen molar-refractivity contribution < 1.29 is 22.7 Å². The maximum Gasteiger partial charge on any atom is 0.255 e. The van der Waals surface area contributed by atoms with E-state index in [1.54, 1.807) is 54.6 Å². The van der Waals surface area contributed by atoms with Crippen molar-refractivity contribution in [3.8, 4) is 11.5 Å². The van der Waals surface area contributed by atoms with Crippen LogP contribution >= 0.6 is 11.6 Å². The molecule has 0 unspecified atom stereocenters. The summed E-state index contributed by atoms with van der Waals surface area (Å²) in [7, 11) is -2.27. The highest BCUT2D eigenvalue weighted by Gasteiger charge is 2.11. The molecule has 0 aliphatic rings. The van der Waals surface area contributed by atoms with Crippen LogP contribution in [-0.4, -0.2) is 21.8 Å². The van der Waals surface area contributed by atoms with Gasteiger partial charge >= 0.3 is 0 Å². The predicted molar refractivity (Wildman–Crippen MR) is 122 cm³/mol. The fraction of sp³-hybridized carbons (Fsp3) is 0.0870. The van der Waals surface area contributed by atoms with Gasteiger partial charge in [0.15, 0.2) is 11.5 Å². The molecule has 8 heteroatoms. The standard InChI is InChI=1S/C23H20ClNO5S/c1-29-22-9-8-21(14-23(22)30-16-19-6-2-5-18(12-19)15-26)25-31(27,28)11-10-17-4-3-7-20(24)13-17/h2-15,25H,16H2,1H3/b11-10+. The van der Waals surface area contributed by atoms with Crippen molar-refractivity contribution in [3.05, 3.63) is 93.9 Å². The number of hydrogen-bond acceptors (Lipinski definition) is 5. The Bertz CT molecular complexity index is 1210. The number of methoxy groups -OCH3 is 1. The average Bonchev–Trinajstić information content (AvgIpc) is 2.76. The third-order valence-electron chi connectivity index (χ3n) is 4.19. The van der Waals surface area contributed by atoms with Crippen molar-refractivity contribution in [1.29, 1.82) is 0 Å². The molecule has 0 amide bonds. The van der Waals surface area contributed by atoms with Gasteiger partial charge in [-0.1, -0.05) is 41.9 Å². The summed E-state index contributed by atoms with van der Waals surface area (Å²) in [5.41, 5.74) is 2.31. The molecule has 0 heterocycles. The van der Waals surface area contributed by atoms with Gasteiger partial charge in [-0.25, -0.2) is 8.42 Å². The van der Waals surface area contributed by atoms with E-state index in [1.165, 1.54) is 19.3 Å². The number of sulfonamides is 1. The molecule has 0 aliphatic carbocycles. The maximum atomic E-state index is 12.4. The lowest BCUT2D eigenvalue weighted by atomic mass is 10.1. The molecule has 0 aliphatic heterocycles. The third-order valence-corrected chi connectivity index (χ3v) is 5.44. The molecular weight excluding hydrogens is 438 g/mol. The molecule has 160 valence electrons. The van der Waals surface area contributed by atoms with Crippen LogP contribution in [0.3, 0.4) is 0 Å². The number of hydrogen-bond donors (Lipinski definition) is 1. The molecule has 0 saturated heterocycles. The third kappa shape index (κ3) is 6.60. The molecule has 1 N–H and O–H groups in total. The van der Waals surface area contributed by atoms with Gasteiger partial charge in [-0.3, -0.25) is 9.52 Å². The summed E-state index contributed by atoms with van der Waals surface area (Å²) in [5, 5.41) is 1.58. The largest absolute Gasteiger partial charge is 0.493 e. The molecule has 0 spiro atoms. The zero-order chi connectivity index (χ0) is 22.3. The van der Waals surface area contributed by atoms with E-state index >= 15 is 0 Å². The van der Waals surface area contributed by atoms with Crippen LogP contribution in [0.5, 0.6) is 11.5 Å². The molecule has 3 rings (SSSR count). The lowest BCUT2D eigenvalue weighted by molar-refractivity contribution is 0.112. The Morgan fingerprint density at radius 2 is 1.74 bits per heavy atom. The van der Waals surface area contributed by atoms with Gasteiger partial charge in [0.2, 0.25) is 0 Å². The first-order valence-corrected chi connectivity index (χ1v) is 11.1. The van der Waals surface area contributed by atoms with Crippen molar-refractivity contribution in [2.24, 2.45) is 0 Å². The molecule has 6 nitrogen and oxygen atoms in total. The van der Waals surface area contributed by atoms with E-state index in [4.69, 9.17) is 21.1 Å². The highest BCUT2D eigenvalue weighted by Crippen LogP contribution is 2.31. The number of benzene rings is 3. The van der Waals surface area contributed by atoms with Gasteiger partial charge in [-0.05, 0) is 47.5 Å². The summed E-state index contributed by atoms with van der Waals surface area (Å²) in [6.45, 7) is 0.183. The Kier molecular flexibility index (Phi) is 7.33. The number of rotatable bonds is 9. The second-order valence-electron chi connectivity index (χ2n) is 6.52. The van der Waals surface area contributed by atoms with Crippen LogP contribution in [0.25, 0.3) is 6.08 Å². The first-order valence-electron chi connectivity index (χ1n) is 9.20. The Balaban J connectivity index is 1.75. The van der Waals surface area contributed by atoms with E-state index < -0.39 is 10.0 Å². The molecule has 0 atom stereocenters. The number of carbonyl (C=O) groups excluding carboxylic acids is 1. The molecule has 0 radical (unpaired) electrons. The Labute approximate surface area is 186 Å². The van der Waals surface area contributed by atoms with E-state index in [0.29, 0.717) is 33.3 Å². The minimum absolute atomic E-state index is 0.183. The summed E-state index contributed by atoms with van der Waals surface area (Å²) in [6, 6.07) is 18.6. The molecule has 3 aromatic rings. The minimum Gasteiger partial charge on any atom is -0.493 e. The zero-order valence-electron chi connectivity index (χ0n) is 16.6. The highest BCUT2D eigenvalue weighted by atomic mass is 35.5. The predicted octanol–water partition coefficient (Wildman–Crippen LogP) is 5.15. The molecular formula is C23H20ClNO5S. The smallest absolute Gasteiger partial charge is 0.255 e. The van der Waals surface area contributed by atoms with E-state index in [1.807, 2.05) is 6.07 Å². The quantitative estimate of drug-likeness (QED) is 0.449. The topological polar surface area (TPSA) is 81.7 Å². The van der Waals surface area contributed by atoms with Crippen LogP contribution in [0.4, 0.5) is 5.69 Å². The Hall–Kier alpha value is -3.29. The lowest BCUT2D eigenvalue weighted by Gasteiger charge is -2.13. The van der Waals surface area contributed by atoms with Crippen LogP contribution in [0.15, 0.2) is 72.1 Å². The summed E-state index contributed by atoms with van der Waals surface area (Å²) in [5.74, 6) is 0.807. The SMILES string of the molecule is COc1ccc(NS(=O)(=O)/C=C/c2cccc(Cl)c2)cc1OCc1cccc(C=O)c1. The molecule has 0 saturated carbocycles. The van der Waals surface area contributed by atoms with Crippen LogP contribution in [-0.2, 0) is 16.6 Å². The van der Waals surface area contributed by atoms with Crippen LogP contribution < -0.4 is 14.2 Å². The minimum atomic E-state index is -3.77. The van der Waals surface area contributed by atoms with Gasteiger partial charge in [-0.2, -0.15) is 0 Å². The van der Waals surface area contributed by atoms with Crippen molar-refractivity contribution in [2.75, 3.05) is 11.8 Å². The van der Waals surface area contributed by atoms with Crippen molar-refractivity contribution >= 4 is 39.7 Å². The van der Waals surface area contributed by atoms with Crippen LogP contribution in [0.1, 0.15) is 21.5 Å². The lowest BCUT2D eigenvalue weighted by Crippen LogP contribution is -2.09. The van der Waals surface area contributed by atoms with Crippen molar-refractivity contribution in [3.63, 3.8) is 0 Å². The number of carbonyl (C=O) groups is 1.